The summed E-state index contributed by atoms with van der Waals surface area (Å²) in [4.78, 5) is 26.3. The molecule has 166 valence electrons. The van der Waals surface area contributed by atoms with Crippen LogP contribution >= 0.6 is 0 Å². The van der Waals surface area contributed by atoms with Crippen molar-refractivity contribution in [3.8, 4) is 5.75 Å². The average molecular weight is 439 g/mol. The largest absolute Gasteiger partial charge is 0.496 e. The highest BCUT2D eigenvalue weighted by Gasteiger charge is 2.29. The van der Waals surface area contributed by atoms with Crippen LogP contribution in [0.1, 0.15) is 37.7 Å². The smallest absolute Gasteiger partial charge is 0.308 e. The number of benzene rings is 1. The first-order valence-electron chi connectivity index (χ1n) is 10.4. The van der Waals surface area contributed by atoms with Crippen molar-refractivity contribution in [2.75, 3.05) is 40.4 Å². The van der Waals surface area contributed by atoms with E-state index >= 15 is 0 Å². The molecule has 9 heteroatoms. The van der Waals surface area contributed by atoms with Gasteiger partial charge in [-0.25, -0.2) is 8.42 Å². The molecule has 1 aromatic carbocycles. The van der Waals surface area contributed by atoms with Gasteiger partial charge in [0.15, 0.2) is 0 Å². The lowest BCUT2D eigenvalue weighted by atomic mass is 9.96. The van der Waals surface area contributed by atoms with E-state index in [-0.39, 0.29) is 29.1 Å². The quantitative estimate of drug-likeness (QED) is 0.603. The number of nitrogens with zero attached hydrogens (tertiary/aromatic N) is 2. The highest BCUT2D eigenvalue weighted by atomic mass is 32.2. The number of hydrogen-bond donors (Lipinski definition) is 0. The van der Waals surface area contributed by atoms with Crippen LogP contribution in [0.4, 0.5) is 0 Å². The standard InChI is InChI=1S/C21H30N2O6S/c1-28-19-7-6-18(30(26,27)23-11-3-4-12-23)15-17(19)5-8-20(24)22-13-9-16(10-14-22)21(25)29-2/h6-7,15-16H,3-5,8-14H2,1-2H3. The number of esters is 1. The Morgan fingerprint density at radius 2 is 1.73 bits per heavy atom. The molecule has 2 saturated heterocycles. The maximum absolute atomic E-state index is 12.9. The number of sulfonamides is 1. The van der Waals surface area contributed by atoms with Crippen molar-refractivity contribution in [1.29, 1.82) is 0 Å². The van der Waals surface area contributed by atoms with Gasteiger partial charge in [0, 0.05) is 32.6 Å². The number of likely N-dealkylation sites (tertiary alicyclic amines) is 1. The summed E-state index contributed by atoms with van der Waals surface area (Å²) < 4.78 is 37.4. The second-order valence-electron chi connectivity index (χ2n) is 7.76. The molecule has 0 radical (unpaired) electrons. The zero-order valence-electron chi connectivity index (χ0n) is 17.6. The van der Waals surface area contributed by atoms with E-state index in [1.54, 1.807) is 23.1 Å². The van der Waals surface area contributed by atoms with E-state index in [1.807, 2.05) is 0 Å². The predicted molar refractivity (Wildman–Crippen MR) is 111 cm³/mol. The van der Waals surface area contributed by atoms with E-state index in [2.05, 4.69) is 0 Å². The van der Waals surface area contributed by atoms with Crippen molar-refractivity contribution in [2.24, 2.45) is 5.92 Å². The van der Waals surface area contributed by atoms with E-state index in [9.17, 15) is 18.0 Å². The molecule has 2 aliphatic rings. The third kappa shape index (κ3) is 4.95. The van der Waals surface area contributed by atoms with Crippen LogP contribution in [-0.4, -0.2) is 69.9 Å². The second-order valence-corrected chi connectivity index (χ2v) is 9.70. The van der Waals surface area contributed by atoms with Crippen LogP contribution in [0, 0.1) is 5.92 Å². The Kier molecular flexibility index (Phi) is 7.36. The Morgan fingerprint density at radius 3 is 2.33 bits per heavy atom. The van der Waals surface area contributed by atoms with E-state index in [4.69, 9.17) is 9.47 Å². The molecule has 3 rings (SSSR count). The minimum absolute atomic E-state index is 0.00632. The molecule has 0 aliphatic carbocycles. The molecule has 0 atom stereocenters. The number of methoxy groups -OCH3 is 2. The highest BCUT2D eigenvalue weighted by Crippen LogP contribution is 2.28. The molecule has 1 amide bonds. The number of amides is 1. The molecule has 0 aromatic heterocycles. The lowest BCUT2D eigenvalue weighted by Crippen LogP contribution is -2.40. The molecule has 2 aliphatic heterocycles. The Bertz CT molecular complexity index is 871. The SMILES string of the molecule is COC(=O)C1CCN(C(=O)CCc2cc(S(=O)(=O)N3CCCC3)ccc2OC)CC1. The third-order valence-corrected chi connectivity index (χ3v) is 7.84. The predicted octanol–water partition coefficient (Wildman–Crippen LogP) is 1.82. The summed E-state index contributed by atoms with van der Waals surface area (Å²) in [6, 6.07) is 4.85. The minimum Gasteiger partial charge on any atom is -0.496 e. The van der Waals surface area contributed by atoms with Crippen LogP contribution in [0.15, 0.2) is 23.1 Å². The molecule has 2 fully saturated rings. The van der Waals surface area contributed by atoms with Gasteiger partial charge in [-0.2, -0.15) is 4.31 Å². The van der Waals surface area contributed by atoms with E-state index in [0.29, 0.717) is 56.8 Å². The molecule has 1 aromatic rings. The first-order valence-corrected chi connectivity index (χ1v) is 11.8. The Labute approximate surface area is 178 Å². The number of carbonyl (C=O) groups excluding carboxylic acids is 2. The Morgan fingerprint density at radius 1 is 1.07 bits per heavy atom. The van der Waals surface area contributed by atoms with Crippen molar-refractivity contribution in [3.63, 3.8) is 0 Å². The van der Waals surface area contributed by atoms with E-state index < -0.39 is 10.0 Å². The van der Waals surface area contributed by atoms with Gasteiger partial charge in [0.25, 0.3) is 0 Å². The molecule has 30 heavy (non-hydrogen) atoms. The lowest BCUT2D eigenvalue weighted by Gasteiger charge is -2.30. The Hall–Kier alpha value is -2.13. The fourth-order valence-electron chi connectivity index (χ4n) is 4.12. The number of carbonyl (C=O) groups is 2. The fraction of sp³-hybridized carbons (Fsp3) is 0.619. The van der Waals surface area contributed by atoms with Crippen molar-refractivity contribution >= 4 is 21.9 Å². The summed E-state index contributed by atoms with van der Waals surface area (Å²) in [6.45, 7) is 2.14. The van der Waals surface area contributed by atoms with Crippen molar-refractivity contribution in [1.82, 2.24) is 9.21 Å². The maximum atomic E-state index is 12.9. The molecule has 0 saturated carbocycles. The van der Waals surface area contributed by atoms with Crippen molar-refractivity contribution in [2.45, 2.75) is 43.4 Å². The summed E-state index contributed by atoms with van der Waals surface area (Å²) in [5.41, 5.74) is 0.704. The third-order valence-electron chi connectivity index (χ3n) is 5.95. The molecular weight excluding hydrogens is 408 g/mol. The first-order chi connectivity index (χ1) is 14.4. The van der Waals surface area contributed by atoms with Gasteiger partial charge >= 0.3 is 5.97 Å². The number of ether oxygens (including phenoxy) is 2. The molecule has 0 spiro atoms. The first kappa shape index (κ1) is 22.6. The molecule has 0 unspecified atom stereocenters. The number of hydrogen-bond acceptors (Lipinski definition) is 6. The van der Waals surface area contributed by atoms with Gasteiger partial charge in [-0.3, -0.25) is 9.59 Å². The average Bonchev–Trinajstić information content (AvgIpc) is 3.32. The topological polar surface area (TPSA) is 93.2 Å². The van der Waals surface area contributed by atoms with Gasteiger partial charge < -0.3 is 14.4 Å². The van der Waals surface area contributed by atoms with Gasteiger partial charge in [0.2, 0.25) is 15.9 Å². The summed E-state index contributed by atoms with van der Waals surface area (Å²) in [5, 5.41) is 0. The van der Waals surface area contributed by atoms with Crippen molar-refractivity contribution < 1.29 is 27.5 Å². The number of aryl methyl sites for hydroxylation is 1. The summed E-state index contributed by atoms with van der Waals surface area (Å²) >= 11 is 0. The van der Waals surface area contributed by atoms with Crippen LogP contribution in [0.3, 0.4) is 0 Å². The normalized spacial score (nSPS) is 18.4. The number of piperidine rings is 1. The van der Waals surface area contributed by atoms with E-state index in [1.165, 1.54) is 18.5 Å². The highest BCUT2D eigenvalue weighted by molar-refractivity contribution is 7.89. The van der Waals surface area contributed by atoms with Crippen LogP contribution < -0.4 is 4.74 Å². The van der Waals surface area contributed by atoms with Crippen LogP contribution in [0.2, 0.25) is 0 Å². The molecule has 8 nitrogen and oxygen atoms in total. The van der Waals surface area contributed by atoms with Gasteiger partial charge in [0.05, 0.1) is 25.0 Å². The summed E-state index contributed by atoms with van der Waals surface area (Å²) in [6.07, 6.45) is 3.61. The zero-order chi connectivity index (χ0) is 21.7. The van der Waals surface area contributed by atoms with Crippen molar-refractivity contribution in [3.05, 3.63) is 23.8 Å². The van der Waals surface area contributed by atoms with E-state index in [0.717, 1.165) is 12.8 Å². The van der Waals surface area contributed by atoms with Gasteiger partial charge in [-0.15, -0.1) is 0 Å². The Balaban J connectivity index is 1.64. The fourth-order valence-corrected chi connectivity index (χ4v) is 5.69. The summed E-state index contributed by atoms with van der Waals surface area (Å²) in [7, 11) is -0.609. The second kappa shape index (κ2) is 9.78. The van der Waals surface area contributed by atoms with Gasteiger partial charge in [-0.1, -0.05) is 0 Å². The van der Waals surface area contributed by atoms with Crippen LogP contribution in [0.25, 0.3) is 0 Å². The molecule has 0 N–H and O–H groups in total. The monoisotopic (exact) mass is 438 g/mol. The summed E-state index contributed by atoms with van der Waals surface area (Å²) in [5.74, 6) is 0.204. The molecular formula is C21H30N2O6S. The number of rotatable bonds is 7. The van der Waals surface area contributed by atoms with Gasteiger partial charge in [0.1, 0.15) is 5.75 Å². The maximum Gasteiger partial charge on any atom is 0.308 e. The van der Waals surface area contributed by atoms with Crippen LogP contribution in [0.5, 0.6) is 5.75 Å². The minimum atomic E-state index is -3.52. The molecule has 2 heterocycles. The zero-order valence-corrected chi connectivity index (χ0v) is 18.4. The van der Waals surface area contributed by atoms with Gasteiger partial charge in [-0.05, 0) is 55.9 Å². The lowest BCUT2D eigenvalue weighted by molar-refractivity contribution is -0.148. The molecule has 0 bridgehead atoms. The van der Waals surface area contributed by atoms with Crippen LogP contribution in [-0.2, 0) is 30.8 Å².